The summed E-state index contributed by atoms with van der Waals surface area (Å²) in [6.45, 7) is 12.6. The molecular formula is C19H29N. The van der Waals surface area contributed by atoms with Crippen LogP contribution < -0.4 is 5.32 Å². The van der Waals surface area contributed by atoms with Crippen molar-refractivity contribution in [3.05, 3.63) is 60.3 Å². The Balaban J connectivity index is 3.09. The Bertz CT molecular complexity index is 403. The third-order valence-electron chi connectivity index (χ3n) is 3.93. The molecule has 0 saturated carbocycles. The number of hydrogen-bond acceptors (Lipinski definition) is 1. The van der Waals surface area contributed by atoms with Gasteiger partial charge in [-0.05, 0) is 58.2 Å². The summed E-state index contributed by atoms with van der Waals surface area (Å²) >= 11 is 0. The van der Waals surface area contributed by atoms with E-state index < -0.39 is 0 Å². The standard InChI is InChI=1S/C19H29N/c1-5-8-11-16(4)19(17(9-6-2)10-7-3)18-12-14-20-15-13-18/h5-11,18-20H,2,12-15H2,1,3-4H3/b8-5-,10-7-,16-11+,17-9+. The predicted octanol–water partition coefficient (Wildman–Crippen LogP) is 4.81. The van der Waals surface area contributed by atoms with Gasteiger partial charge in [0, 0.05) is 5.92 Å². The molecule has 0 bridgehead atoms. The van der Waals surface area contributed by atoms with Gasteiger partial charge in [-0.3, -0.25) is 0 Å². The lowest BCUT2D eigenvalue weighted by Gasteiger charge is -2.32. The van der Waals surface area contributed by atoms with Gasteiger partial charge in [-0.1, -0.05) is 54.7 Å². The Morgan fingerprint density at radius 1 is 1.15 bits per heavy atom. The Morgan fingerprint density at radius 3 is 2.40 bits per heavy atom. The highest BCUT2D eigenvalue weighted by Crippen LogP contribution is 2.34. The zero-order valence-corrected chi connectivity index (χ0v) is 13.2. The number of rotatable bonds is 6. The van der Waals surface area contributed by atoms with E-state index in [0.717, 1.165) is 19.0 Å². The molecule has 20 heavy (non-hydrogen) atoms. The summed E-state index contributed by atoms with van der Waals surface area (Å²) in [6.07, 6.45) is 17.4. The third kappa shape index (κ3) is 4.97. The molecule has 0 aliphatic carbocycles. The number of piperidine rings is 1. The van der Waals surface area contributed by atoms with Crippen molar-refractivity contribution in [3.63, 3.8) is 0 Å². The predicted molar refractivity (Wildman–Crippen MR) is 90.7 cm³/mol. The second-order valence-electron chi connectivity index (χ2n) is 5.40. The molecule has 1 N–H and O–H groups in total. The number of allylic oxidation sites excluding steroid dienone is 9. The molecule has 1 fully saturated rings. The molecular weight excluding hydrogens is 242 g/mol. The van der Waals surface area contributed by atoms with Crippen LogP contribution in [-0.4, -0.2) is 13.1 Å². The van der Waals surface area contributed by atoms with Gasteiger partial charge in [0.15, 0.2) is 0 Å². The molecule has 1 saturated heterocycles. The summed E-state index contributed by atoms with van der Waals surface area (Å²) in [4.78, 5) is 0. The maximum absolute atomic E-state index is 3.88. The highest BCUT2D eigenvalue weighted by atomic mass is 14.9. The summed E-state index contributed by atoms with van der Waals surface area (Å²) in [7, 11) is 0. The van der Waals surface area contributed by atoms with Gasteiger partial charge < -0.3 is 5.32 Å². The fraction of sp³-hybridized carbons (Fsp3) is 0.474. The van der Waals surface area contributed by atoms with Gasteiger partial charge in [-0.2, -0.15) is 0 Å². The van der Waals surface area contributed by atoms with Crippen LogP contribution >= 0.6 is 0 Å². The zero-order chi connectivity index (χ0) is 14.8. The van der Waals surface area contributed by atoms with Crippen LogP contribution in [0.2, 0.25) is 0 Å². The van der Waals surface area contributed by atoms with Crippen LogP contribution in [0, 0.1) is 11.8 Å². The number of nitrogens with one attached hydrogen (secondary N) is 1. The van der Waals surface area contributed by atoms with Crippen LogP contribution in [0.15, 0.2) is 60.3 Å². The number of hydrogen-bond donors (Lipinski definition) is 1. The Kier molecular flexibility index (Phi) is 7.98. The lowest BCUT2D eigenvalue weighted by Crippen LogP contribution is -2.32. The van der Waals surface area contributed by atoms with Crippen molar-refractivity contribution in [2.45, 2.75) is 33.6 Å². The fourth-order valence-corrected chi connectivity index (χ4v) is 3.03. The fourth-order valence-electron chi connectivity index (χ4n) is 3.03. The third-order valence-corrected chi connectivity index (χ3v) is 3.93. The van der Waals surface area contributed by atoms with Crippen molar-refractivity contribution < 1.29 is 0 Å². The monoisotopic (exact) mass is 271 g/mol. The molecule has 1 aliphatic rings. The van der Waals surface area contributed by atoms with Gasteiger partial charge in [0.05, 0.1) is 0 Å². The Labute approximate surface area is 124 Å². The van der Waals surface area contributed by atoms with Crippen molar-refractivity contribution in [2.75, 3.05) is 13.1 Å². The van der Waals surface area contributed by atoms with E-state index in [1.165, 1.54) is 24.0 Å². The molecule has 1 nitrogen and oxygen atoms in total. The van der Waals surface area contributed by atoms with Gasteiger partial charge >= 0.3 is 0 Å². The molecule has 0 spiro atoms. The van der Waals surface area contributed by atoms with Crippen LogP contribution in [0.5, 0.6) is 0 Å². The zero-order valence-electron chi connectivity index (χ0n) is 13.2. The van der Waals surface area contributed by atoms with Crippen LogP contribution in [0.3, 0.4) is 0 Å². The minimum absolute atomic E-state index is 0.502. The first-order valence-electron chi connectivity index (χ1n) is 7.70. The second kappa shape index (κ2) is 9.55. The highest BCUT2D eigenvalue weighted by molar-refractivity contribution is 5.34. The van der Waals surface area contributed by atoms with Gasteiger partial charge in [-0.15, -0.1) is 0 Å². The average molecular weight is 271 g/mol. The minimum Gasteiger partial charge on any atom is -0.317 e. The maximum Gasteiger partial charge on any atom is 0.00776 e. The summed E-state index contributed by atoms with van der Waals surface area (Å²) in [5.41, 5.74) is 2.83. The topological polar surface area (TPSA) is 12.0 Å². The van der Waals surface area contributed by atoms with E-state index in [1.54, 1.807) is 0 Å². The van der Waals surface area contributed by atoms with E-state index >= 15 is 0 Å². The smallest absolute Gasteiger partial charge is 0.00776 e. The molecule has 1 aliphatic heterocycles. The molecule has 0 radical (unpaired) electrons. The van der Waals surface area contributed by atoms with Crippen LogP contribution in [0.25, 0.3) is 0 Å². The van der Waals surface area contributed by atoms with Crippen LogP contribution in [0.4, 0.5) is 0 Å². The highest BCUT2D eigenvalue weighted by Gasteiger charge is 2.26. The Morgan fingerprint density at radius 2 is 1.85 bits per heavy atom. The SMILES string of the molecule is C=C/C=C(\C=C/C)C(/C(C)=C/C=C\C)C1CCNCC1. The normalized spacial score (nSPS) is 20.8. The van der Waals surface area contributed by atoms with Gasteiger partial charge in [0.1, 0.15) is 0 Å². The van der Waals surface area contributed by atoms with E-state index in [0.29, 0.717) is 5.92 Å². The maximum atomic E-state index is 3.88. The van der Waals surface area contributed by atoms with Crippen molar-refractivity contribution in [1.82, 2.24) is 5.32 Å². The molecule has 0 aromatic rings. The Hall–Kier alpha value is -1.34. The first-order valence-corrected chi connectivity index (χ1v) is 7.70. The molecule has 0 amide bonds. The summed E-state index contributed by atoms with van der Waals surface area (Å²) in [5.74, 6) is 1.22. The lowest BCUT2D eigenvalue weighted by molar-refractivity contribution is 0.318. The second-order valence-corrected chi connectivity index (χ2v) is 5.40. The molecule has 0 aromatic heterocycles. The first kappa shape index (κ1) is 16.7. The minimum atomic E-state index is 0.502. The molecule has 0 aromatic carbocycles. The largest absolute Gasteiger partial charge is 0.317 e. The van der Waals surface area contributed by atoms with E-state index in [-0.39, 0.29) is 0 Å². The van der Waals surface area contributed by atoms with Gasteiger partial charge in [0.2, 0.25) is 0 Å². The summed E-state index contributed by atoms with van der Waals surface area (Å²) in [5, 5.41) is 3.46. The van der Waals surface area contributed by atoms with Crippen molar-refractivity contribution in [3.8, 4) is 0 Å². The van der Waals surface area contributed by atoms with Crippen molar-refractivity contribution >= 4 is 0 Å². The quantitative estimate of drug-likeness (QED) is 0.683. The van der Waals surface area contributed by atoms with E-state index in [1.807, 2.05) is 6.08 Å². The molecule has 1 rings (SSSR count). The van der Waals surface area contributed by atoms with Crippen LogP contribution in [-0.2, 0) is 0 Å². The van der Waals surface area contributed by atoms with E-state index in [2.05, 4.69) is 69.1 Å². The van der Waals surface area contributed by atoms with Gasteiger partial charge in [-0.25, -0.2) is 0 Å². The first-order chi connectivity index (χ1) is 9.74. The van der Waals surface area contributed by atoms with Crippen LogP contribution in [0.1, 0.15) is 33.6 Å². The lowest BCUT2D eigenvalue weighted by atomic mass is 9.75. The summed E-state index contributed by atoms with van der Waals surface area (Å²) in [6, 6.07) is 0. The van der Waals surface area contributed by atoms with E-state index in [9.17, 15) is 0 Å². The van der Waals surface area contributed by atoms with Crippen molar-refractivity contribution in [2.24, 2.45) is 11.8 Å². The molecule has 1 unspecified atom stereocenters. The average Bonchev–Trinajstić information content (AvgIpc) is 2.47. The molecule has 110 valence electrons. The van der Waals surface area contributed by atoms with Crippen molar-refractivity contribution in [1.29, 1.82) is 0 Å². The molecule has 1 atom stereocenters. The molecule has 1 heteroatoms. The summed E-state index contributed by atoms with van der Waals surface area (Å²) < 4.78 is 0. The molecule has 1 heterocycles. The van der Waals surface area contributed by atoms with Gasteiger partial charge in [0.25, 0.3) is 0 Å². The van der Waals surface area contributed by atoms with E-state index in [4.69, 9.17) is 0 Å².